The molecule has 1 N–H and O–H groups in total. The fourth-order valence-electron chi connectivity index (χ4n) is 1.32. The van der Waals surface area contributed by atoms with Crippen molar-refractivity contribution in [2.75, 3.05) is 6.54 Å². The molecule has 80 valence electrons. The van der Waals surface area contributed by atoms with Crippen LogP contribution in [0.25, 0.3) is 0 Å². The van der Waals surface area contributed by atoms with Gasteiger partial charge in [-0.15, -0.1) is 0 Å². The summed E-state index contributed by atoms with van der Waals surface area (Å²) in [4.78, 5) is 0. The maximum absolute atomic E-state index is 5.35. The number of rotatable bonds is 5. The monoisotopic (exact) mass is 269 g/mol. The summed E-state index contributed by atoms with van der Waals surface area (Å²) >= 11 is 3.26. The summed E-state index contributed by atoms with van der Waals surface area (Å²) in [5.41, 5.74) is 0. The Morgan fingerprint density at radius 1 is 1.20 bits per heavy atom. The van der Waals surface area contributed by atoms with Crippen LogP contribution in [0.2, 0.25) is 0 Å². The van der Waals surface area contributed by atoms with Crippen molar-refractivity contribution in [3.63, 3.8) is 0 Å². The fraction of sp³-hybridized carbons (Fsp3) is 0.273. The highest BCUT2D eigenvalue weighted by Gasteiger charge is 1.99. The maximum Gasteiger partial charge on any atom is 0.169 e. The van der Waals surface area contributed by atoms with E-state index < -0.39 is 0 Å². The van der Waals surface area contributed by atoms with Crippen LogP contribution in [0.5, 0.6) is 0 Å². The lowest BCUT2D eigenvalue weighted by atomic mass is 10.3. The highest BCUT2D eigenvalue weighted by molar-refractivity contribution is 9.10. The van der Waals surface area contributed by atoms with E-state index >= 15 is 0 Å². The molecule has 2 rings (SSSR count). The summed E-state index contributed by atoms with van der Waals surface area (Å²) in [6, 6.07) is 7.72. The highest BCUT2D eigenvalue weighted by atomic mass is 79.9. The zero-order valence-corrected chi connectivity index (χ0v) is 9.79. The van der Waals surface area contributed by atoms with Crippen molar-refractivity contribution >= 4 is 15.9 Å². The summed E-state index contributed by atoms with van der Waals surface area (Å²) < 4.78 is 11.3. The van der Waals surface area contributed by atoms with Crippen LogP contribution in [0, 0.1) is 0 Å². The van der Waals surface area contributed by atoms with Crippen LogP contribution >= 0.6 is 15.9 Å². The highest BCUT2D eigenvalue weighted by Crippen LogP contribution is 2.13. The Hall–Kier alpha value is -1.00. The molecule has 0 bridgehead atoms. The Kier molecular flexibility index (Phi) is 3.64. The molecule has 0 amide bonds. The second kappa shape index (κ2) is 5.19. The third-order valence-electron chi connectivity index (χ3n) is 2.06. The van der Waals surface area contributed by atoms with E-state index in [4.69, 9.17) is 8.83 Å². The first kappa shape index (κ1) is 10.5. The molecule has 0 fully saturated rings. The summed E-state index contributed by atoms with van der Waals surface area (Å²) in [6.45, 7) is 1.62. The van der Waals surface area contributed by atoms with Crippen LogP contribution in [-0.4, -0.2) is 6.54 Å². The van der Waals surface area contributed by atoms with Gasteiger partial charge in [0.25, 0.3) is 0 Å². The number of hydrogen-bond acceptors (Lipinski definition) is 3. The van der Waals surface area contributed by atoms with Crippen molar-refractivity contribution in [1.82, 2.24) is 5.32 Å². The zero-order valence-electron chi connectivity index (χ0n) is 8.20. The van der Waals surface area contributed by atoms with Gasteiger partial charge in [0.15, 0.2) is 4.67 Å². The van der Waals surface area contributed by atoms with E-state index in [1.807, 2.05) is 24.3 Å². The van der Waals surface area contributed by atoms with Gasteiger partial charge in [0.05, 0.1) is 12.8 Å². The Morgan fingerprint density at radius 2 is 2.13 bits per heavy atom. The van der Waals surface area contributed by atoms with E-state index in [1.165, 1.54) is 0 Å². The standard InChI is InChI=1S/C11H12BrNO2/c12-11-4-3-10(15-11)8-13-6-5-9-2-1-7-14-9/h1-4,7,13H,5-6,8H2. The molecule has 0 spiro atoms. The molecule has 0 saturated carbocycles. The molecule has 2 aromatic rings. The van der Waals surface area contributed by atoms with Crippen LogP contribution in [0.3, 0.4) is 0 Å². The van der Waals surface area contributed by atoms with Gasteiger partial charge >= 0.3 is 0 Å². The van der Waals surface area contributed by atoms with Gasteiger partial charge in [0.2, 0.25) is 0 Å². The predicted octanol–water partition coefficient (Wildman–Crippen LogP) is 2.97. The molecule has 3 nitrogen and oxygen atoms in total. The Morgan fingerprint density at radius 3 is 2.80 bits per heavy atom. The third-order valence-corrected chi connectivity index (χ3v) is 2.48. The molecule has 15 heavy (non-hydrogen) atoms. The molecule has 0 aromatic carbocycles. The van der Waals surface area contributed by atoms with Gasteiger partial charge in [-0.3, -0.25) is 0 Å². The number of hydrogen-bond donors (Lipinski definition) is 1. The van der Waals surface area contributed by atoms with E-state index in [1.54, 1.807) is 6.26 Å². The SMILES string of the molecule is Brc1ccc(CNCCc2ccco2)o1. The minimum absolute atomic E-state index is 0.742. The molecule has 0 aliphatic carbocycles. The van der Waals surface area contributed by atoms with E-state index in [2.05, 4.69) is 21.2 Å². The molecule has 0 saturated heterocycles. The first-order valence-corrected chi connectivity index (χ1v) is 5.61. The number of nitrogens with one attached hydrogen (secondary N) is 1. The number of halogens is 1. The van der Waals surface area contributed by atoms with Crippen molar-refractivity contribution in [3.8, 4) is 0 Å². The van der Waals surface area contributed by atoms with Crippen molar-refractivity contribution in [2.45, 2.75) is 13.0 Å². The minimum Gasteiger partial charge on any atom is -0.469 e. The smallest absolute Gasteiger partial charge is 0.169 e. The van der Waals surface area contributed by atoms with Crippen LogP contribution in [0.1, 0.15) is 11.5 Å². The second-order valence-corrected chi connectivity index (χ2v) is 3.99. The van der Waals surface area contributed by atoms with Crippen LogP contribution in [0.4, 0.5) is 0 Å². The van der Waals surface area contributed by atoms with Crippen molar-refractivity contribution in [1.29, 1.82) is 0 Å². The Labute approximate surface area is 96.6 Å². The van der Waals surface area contributed by atoms with Crippen LogP contribution in [0.15, 0.2) is 44.0 Å². The van der Waals surface area contributed by atoms with E-state index in [-0.39, 0.29) is 0 Å². The van der Waals surface area contributed by atoms with Gasteiger partial charge in [-0.1, -0.05) is 0 Å². The normalized spacial score (nSPS) is 10.7. The predicted molar refractivity (Wildman–Crippen MR) is 60.5 cm³/mol. The molecule has 0 unspecified atom stereocenters. The van der Waals surface area contributed by atoms with Gasteiger partial charge in [-0.2, -0.15) is 0 Å². The molecule has 2 heterocycles. The van der Waals surface area contributed by atoms with Gasteiger partial charge in [-0.05, 0) is 40.2 Å². The first-order chi connectivity index (χ1) is 7.34. The third kappa shape index (κ3) is 3.25. The summed E-state index contributed by atoms with van der Waals surface area (Å²) in [6.07, 6.45) is 2.59. The quantitative estimate of drug-likeness (QED) is 0.849. The first-order valence-electron chi connectivity index (χ1n) is 4.82. The lowest BCUT2D eigenvalue weighted by Gasteiger charge is -2.00. The largest absolute Gasteiger partial charge is 0.469 e. The lowest BCUT2D eigenvalue weighted by molar-refractivity contribution is 0.456. The molecule has 4 heteroatoms. The topological polar surface area (TPSA) is 38.3 Å². The minimum atomic E-state index is 0.742. The van der Waals surface area contributed by atoms with E-state index in [9.17, 15) is 0 Å². The van der Waals surface area contributed by atoms with Crippen LogP contribution < -0.4 is 5.32 Å². The van der Waals surface area contributed by atoms with E-state index in [0.717, 1.165) is 35.7 Å². The van der Waals surface area contributed by atoms with Crippen molar-refractivity contribution < 1.29 is 8.83 Å². The molecular formula is C11H12BrNO2. The number of furan rings is 2. The molecular weight excluding hydrogens is 258 g/mol. The Bertz CT molecular complexity index is 394. The van der Waals surface area contributed by atoms with Crippen molar-refractivity contribution in [2.24, 2.45) is 0 Å². The van der Waals surface area contributed by atoms with Gasteiger partial charge in [0, 0.05) is 13.0 Å². The molecule has 0 atom stereocenters. The molecule has 0 aliphatic heterocycles. The zero-order chi connectivity index (χ0) is 10.5. The van der Waals surface area contributed by atoms with Gasteiger partial charge in [-0.25, -0.2) is 0 Å². The van der Waals surface area contributed by atoms with Gasteiger partial charge in [0.1, 0.15) is 11.5 Å². The summed E-state index contributed by atoms with van der Waals surface area (Å²) in [5.74, 6) is 1.93. The second-order valence-electron chi connectivity index (χ2n) is 3.21. The summed E-state index contributed by atoms with van der Waals surface area (Å²) in [5, 5.41) is 3.28. The van der Waals surface area contributed by atoms with Gasteiger partial charge < -0.3 is 14.2 Å². The lowest BCUT2D eigenvalue weighted by Crippen LogP contribution is -2.15. The van der Waals surface area contributed by atoms with E-state index in [0.29, 0.717) is 0 Å². The maximum atomic E-state index is 5.35. The molecule has 0 aliphatic rings. The van der Waals surface area contributed by atoms with Crippen molar-refractivity contribution in [3.05, 3.63) is 46.7 Å². The molecule has 0 radical (unpaired) electrons. The molecule has 2 aromatic heterocycles. The van der Waals surface area contributed by atoms with Crippen LogP contribution in [-0.2, 0) is 13.0 Å². The average molecular weight is 270 g/mol. The average Bonchev–Trinajstić information content (AvgIpc) is 2.84. The Balaban J connectivity index is 1.67. The summed E-state index contributed by atoms with van der Waals surface area (Å²) in [7, 11) is 0. The fourth-order valence-corrected chi connectivity index (χ4v) is 1.66.